The maximum atomic E-state index is 9.76. The van der Waals surface area contributed by atoms with E-state index >= 15 is 0 Å². The van der Waals surface area contributed by atoms with E-state index in [-0.39, 0.29) is 0 Å². The minimum atomic E-state index is 0.556. The second kappa shape index (κ2) is 29.3. The zero-order valence-electron chi connectivity index (χ0n) is 16.7. The Morgan fingerprint density at radius 3 is 0.679 bits per heavy atom. The molecule has 0 heterocycles. The predicted octanol–water partition coefficient (Wildman–Crippen LogP) is 4.00. The summed E-state index contributed by atoms with van der Waals surface area (Å²) < 4.78 is 0. The van der Waals surface area contributed by atoms with Crippen molar-refractivity contribution in [2.75, 3.05) is 26.2 Å². The molecule has 0 aliphatic rings. The summed E-state index contributed by atoms with van der Waals surface area (Å²) in [5.74, 6) is 0. The van der Waals surface area contributed by atoms with Crippen LogP contribution >= 0.6 is 0 Å². The number of rotatable bonds is 18. The molecule has 156 valence electrons. The molecule has 0 aromatic heterocycles. The van der Waals surface area contributed by atoms with E-state index in [0.717, 1.165) is 51.4 Å². The Morgan fingerprint density at radius 2 is 0.500 bits per heavy atom. The Kier molecular flexibility index (Phi) is 29.0. The first kappa shape index (κ1) is 27.7. The van der Waals surface area contributed by atoms with Gasteiger partial charge >= 0.3 is 0 Å². The van der Waals surface area contributed by atoms with E-state index in [2.05, 4.69) is 20.0 Å². The number of unbranched alkanes of at least 4 members (excludes halogenated alkanes) is 10. The molecule has 8 nitrogen and oxygen atoms in total. The van der Waals surface area contributed by atoms with Crippen molar-refractivity contribution < 1.29 is 19.2 Å². The monoisotopic (exact) mass is 392 g/mol. The Morgan fingerprint density at radius 1 is 0.321 bits per heavy atom. The first-order valence-corrected chi connectivity index (χ1v) is 9.98. The van der Waals surface area contributed by atoms with E-state index in [1.807, 2.05) is 0 Å². The third-order valence-electron chi connectivity index (χ3n) is 3.84. The van der Waals surface area contributed by atoms with Crippen LogP contribution in [0.3, 0.4) is 0 Å². The molecule has 0 aromatic rings. The van der Waals surface area contributed by atoms with Crippen LogP contribution in [0, 0.1) is 0 Å². The number of aliphatic imine (C=N–C) groups is 4. The predicted molar refractivity (Wildman–Crippen MR) is 107 cm³/mol. The summed E-state index contributed by atoms with van der Waals surface area (Å²) in [4.78, 5) is 52.6. The quantitative estimate of drug-likeness (QED) is 0.199. The Labute approximate surface area is 167 Å². The van der Waals surface area contributed by atoms with Gasteiger partial charge in [0.05, 0.1) is 26.2 Å². The SMILES string of the molecule is O=C=NCCCCCCCCCCN=C=O.O=C=NCCCCCCN=C=O. The average molecular weight is 393 g/mol. The zero-order valence-corrected chi connectivity index (χ0v) is 16.7. The highest BCUT2D eigenvalue weighted by molar-refractivity contribution is 5.33. The third-order valence-corrected chi connectivity index (χ3v) is 3.84. The van der Waals surface area contributed by atoms with Gasteiger partial charge in [0.1, 0.15) is 0 Å². The van der Waals surface area contributed by atoms with Crippen LogP contribution in [0.1, 0.15) is 77.0 Å². The summed E-state index contributed by atoms with van der Waals surface area (Å²) >= 11 is 0. The molecule has 0 aliphatic carbocycles. The minimum absolute atomic E-state index is 0.556. The lowest BCUT2D eigenvalue weighted by molar-refractivity contribution is 0.553. The van der Waals surface area contributed by atoms with Gasteiger partial charge < -0.3 is 0 Å². The van der Waals surface area contributed by atoms with E-state index < -0.39 is 0 Å². The van der Waals surface area contributed by atoms with Gasteiger partial charge in [0.25, 0.3) is 0 Å². The van der Waals surface area contributed by atoms with Gasteiger partial charge in [-0.2, -0.15) is 0 Å². The standard InChI is InChI=1S/C12H20N2O2.C8H12N2O2/c15-11-13-9-7-5-3-1-2-4-6-8-10-14-12-16;11-7-9-5-3-1-2-4-6-10-8-12/h1-10H2;1-6H2. The number of hydrogen-bond donors (Lipinski definition) is 0. The van der Waals surface area contributed by atoms with Crippen LogP contribution in [0.25, 0.3) is 0 Å². The lowest BCUT2D eigenvalue weighted by Gasteiger charge is -1.99. The molecular formula is C20H32N4O4. The van der Waals surface area contributed by atoms with Crippen molar-refractivity contribution in [1.82, 2.24) is 0 Å². The molecule has 0 amide bonds. The fourth-order valence-electron chi connectivity index (χ4n) is 2.36. The highest BCUT2D eigenvalue weighted by Gasteiger charge is 1.92. The molecule has 0 aromatic carbocycles. The van der Waals surface area contributed by atoms with E-state index in [4.69, 9.17) is 0 Å². The van der Waals surface area contributed by atoms with Gasteiger partial charge in [-0.3, -0.25) is 0 Å². The van der Waals surface area contributed by atoms with Crippen molar-refractivity contribution in [1.29, 1.82) is 0 Å². The fourth-order valence-corrected chi connectivity index (χ4v) is 2.36. The van der Waals surface area contributed by atoms with Gasteiger partial charge in [-0.25, -0.2) is 39.1 Å². The first-order chi connectivity index (χ1) is 13.8. The lowest BCUT2D eigenvalue weighted by atomic mass is 10.1. The van der Waals surface area contributed by atoms with Gasteiger partial charge in [0, 0.05) is 0 Å². The van der Waals surface area contributed by atoms with Crippen molar-refractivity contribution in [2.24, 2.45) is 20.0 Å². The average Bonchev–Trinajstić information content (AvgIpc) is 2.71. The van der Waals surface area contributed by atoms with Crippen molar-refractivity contribution in [3.05, 3.63) is 0 Å². The summed E-state index contributed by atoms with van der Waals surface area (Å²) in [7, 11) is 0. The molecule has 0 saturated heterocycles. The lowest BCUT2D eigenvalue weighted by Crippen LogP contribution is -1.85. The molecule has 0 fully saturated rings. The maximum absolute atomic E-state index is 9.76. The minimum Gasteiger partial charge on any atom is -0.211 e. The number of nitrogens with zero attached hydrogens (tertiary/aromatic N) is 4. The van der Waals surface area contributed by atoms with Crippen LogP contribution in [0.15, 0.2) is 20.0 Å². The summed E-state index contributed by atoms with van der Waals surface area (Å²) in [5.41, 5.74) is 0. The van der Waals surface area contributed by atoms with Gasteiger partial charge in [-0.15, -0.1) is 0 Å². The molecule has 0 unspecified atom stereocenters. The molecule has 0 bridgehead atoms. The van der Waals surface area contributed by atoms with E-state index in [0.29, 0.717) is 26.2 Å². The second-order valence-corrected chi connectivity index (χ2v) is 6.13. The molecule has 8 heteroatoms. The van der Waals surface area contributed by atoms with Gasteiger partial charge in [0.2, 0.25) is 24.3 Å². The van der Waals surface area contributed by atoms with Gasteiger partial charge in [0.15, 0.2) is 0 Å². The van der Waals surface area contributed by atoms with E-state index in [1.165, 1.54) is 37.8 Å². The van der Waals surface area contributed by atoms with Crippen molar-refractivity contribution >= 4 is 24.3 Å². The van der Waals surface area contributed by atoms with Crippen LogP contribution in [-0.4, -0.2) is 50.5 Å². The molecule has 0 N–H and O–H groups in total. The van der Waals surface area contributed by atoms with Crippen LogP contribution in [-0.2, 0) is 19.2 Å². The maximum Gasteiger partial charge on any atom is 0.234 e. The Hall–Kier alpha value is -2.48. The van der Waals surface area contributed by atoms with Gasteiger partial charge in [-0.1, -0.05) is 51.4 Å². The molecule has 0 spiro atoms. The molecule has 28 heavy (non-hydrogen) atoms. The molecule has 0 rings (SSSR count). The highest BCUT2D eigenvalue weighted by atomic mass is 16.1. The number of hydrogen-bond acceptors (Lipinski definition) is 8. The topological polar surface area (TPSA) is 118 Å². The molecule has 0 saturated carbocycles. The van der Waals surface area contributed by atoms with E-state index in [9.17, 15) is 19.2 Å². The summed E-state index contributed by atoms with van der Waals surface area (Å²) in [6.07, 6.45) is 19.0. The normalized spacial score (nSPS) is 8.86. The molecular weight excluding hydrogens is 360 g/mol. The zero-order chi connectivity index (χ0) is 21.0. The summed E-state index contributed by atoms with van der Waals surface area (Å²) in [6.45, 7) is 2.35. The van der Waals surface area contributed by atoms with Gasteiger partial charge in [-0.05, 0) is 25.7 Å². The second-order valence-electron chi connectivity index (χ2n) is 6.13. The number of carbonyl (C=O) groups excluding carboxylic acids is 4. The fraction of sp³-hybridized carbons (Fsp3) is 0.800. The first-order valence-electron chi connectivity index (χ1n) is 9.98. The molecule has 0 radical (unpaired) electrons. The van der Waals surface area contributed by atoms with Crippen LogP contribution < -0.4 is 0 Å². The number of isocyanates is 4. The van der Waals surface area contributed by atoms with Crippen molar-refractivity contribution in [2.45, 2.75) is 77.0 Å². The smallest absolute Gasteiger partial charge is 0.211 e. The largest absolute Gasteiger partial charge is 0.234 e. The van der Waals surface area contributed by atoms with Crippen LogP contribution in [0.4, 0.5) is 0 Å². The van der Waals surface area contributed by atoms with Crippen LogP contribution in [0.2, 0.25) is 0 Å². The highest BCUT2D eigenvalue weighted by Crippen LogP contribution is 2.08. The Bertz CT molecular complexity index is 480. The summed E-state index contributed by atoms with van der Waals surface area (Å²) in [5, 5.41) is 0. The molecule has 0 aliphatic heterocycles. The van der Waals surface area contributed by atoms with Crippen LogP contribution in [0.5, 0.6) is 0 Å². The van der Waals surface area contributed by atoms with Crippen molar-refractivity contribution in [3.63, 3.8) is 0 Å². The van der Waals surface area contributed by atoms with E-state index in [1.54, 1.807) is 12.2 Å². The third kappa shape index (κ3) is 31.3. The molecule has 0 atom stereocenters. The Balaban J connectivity index is 0. The summed E-state index contributed by atoms with van der Waals surface area (Å²) in [6, 6.07) is 0. The van der Waals surface area contributed by atoms with Crippen molar-refractivity contribution in [3.8, 4) is 0 Å².